The minimum absolute atomic E-state index is 0.580. The highest BCUT2D eigenvalue weighted by molar-refractivity contribution is 6.49. The van der Waals surface area contributed by atoms with Crippen LogP contribution < -0.4 is 0 Å². The molecule has 126 valence electrons. The van der Waals surface area contributed by atoms with E-state index in [9.17, 15) is 35.9 Å². The Kier molecular flexibility index (Phi) is 4.50. The van der Waals surface area contributed by atoms with Crippen LogP contribution in [0.3, 0.4) is 0 Å². The first-order valence-corrected chi connectivity index (χ1v) is 6.45. The van der Waals surface area contributed by atoms with Crippen LogP contribution in [0.25, 0.3) is 0 Å². The Hall–Kier alpha value is -2.64. The van der Waals surface area contributed by atoms with Crippen molar-refractivity contribution >= 4 is 11.6 Å². The molecule has 0 saturated heterocycles. The zero-order chi connectivity index (χ0) is 18.1. The van der Waals surface area contributed by atoms with Crippen molar-refractivity contribution in [1.82, 2.24) is 0 Å². The Balaban J connectivity index is 2.53. The van der Waals surface area contributed by atoms with Crippen LogP contribution in [0.1, 0.15) is 31.8 Å². The lowest BCUT2D eigenvalue weighted by atomic mass is 9.94. The smallest absolute Gasteiger partial charge is 0.285 e. The van der Waals surface area contributed by atoms with Crippen LogP contribution in [-0.2, 0) is 12.4 Å². The van der Waals surface area contributed by atoms with Crippen molar-refractivity contribution in [3.63, 3.8) is 0 Å². The van der Waals surface area contributed by atoms with Crippen molar-refractivity contribution in [3.8, 4) is 0 Å². The molecule has 0 aliphatic rings. The van der Waals surface area contributed by atoms with Crippen LogP contribution in [0.15, 0.2) is 48.5 Å². The molecule has 0 heterocycles. The van der Waals surface area contributed by atoms with E-state index in [4.69, 9.17) is 0 Å². The summed E-state index contributed by atoms with van der Waals surface area (Å²) in [5.41, 5.74) is -4.75. The molecule has 0 bridgehead atoms. The van der Waals surface area contributed by atoms with Crippen LogP contribution in [0.2, 0.25) is 0 Å². The van der Waals surface area contributed by atoms with Crippen molar-refractivity contribution in [2.75, 3.05) is 0 Å². The van der Waals surface area contributed by atoms with Crippen LogP contribution in [0.4, 0.5) is 26.3 Å². The minimum atomic E-state index is -4.92. The van der Waals surface area contributed by atoms with Gasteiger partial charge in [-0.2, -0.15) is 26.3 Å². The Morgan fingerprint density at radius 2 is 0.875 bits per heavy atom. The maximum Gasteiger partial charge on any atom is 0.417 e. The number of ketones is 2. The third-order valence-corrected chi connectivity index (χ3v) is 3.16. The van der Waals surface area contributed by atoms with Gasteiger partial charge in [0.1, 0.15) is 0 Å². The SMILES string of the molecule is O=C(C(=O)c1ccccc1C(F)(F)F)c1ccccc1C(F)(F)F. The molecular formula is C16H8F6O2. The molecule has 0 atom stereocenters. The van der Waals surface area contributed by atoms with E-state index in [0.717, 1.165) is 36.4 Å². The lowest BCUT2D eigenvalue weighted by Gasteiger charge is -2.13. The Morgan fingerprint density at radius 1 is 0.583 bits per heavy atom. The fourth-order valence-corrected chi connectivity index (χ4v) is 2.10. The molecule has 8 heteroatoms. The summed E-state index contributed by atoms with van der Waals surface area (Å²) in [6, 6.07) is 6.85. The summed E-state index contributed by atoms with van der Waals surface area (Å²) < 4.78 is 77.4. The van der Waals surface area contributed by atoms with Gasteiger partial charge >= 0.3 is 12.4 Å². The Labute approximate surface area is 131 Å². The number of hydrogen-bond acceptors (Lipinski definition) is 2. The van der Waals surface area contributed by atoms with E-state index in [1.807, 2.05) is 0 Å². The number of Topliss-reactive ketones (excluding diaryl/α,β-unsaturated/α-hetero) is 2. The first kappa shape index (κ1) is 17.7. The molecular weight excluding hydrogens is 338 g/mol. The van der Waals surface area contributed by atoms with E-state index in [1.165, 1.54) is 0 Å². The van der Waals surface area contributed by atoms with Gasteiger partial charge in [-0.25, -0.2) is 0 Å². The van der Waals surface area contributed by atoms with E-state index in [0.29, 0.717) is 12.1 Å². The van der Waals surface area contributed by atoms with Crippen molar-refractivity contribution in [2.45, 2.75) is 12.4 Å². The molecule has 2 rings (SSSR count). The molecule has 2 aromatic carbocycles. The average Bonchev–Trinajstić information content (AvgIpc) is 2.52. The highest BCUT2D eigenvalue weighted by Crippen LogP contribution is 2.34. The van der Waals surface area contributed by atoms with Crippen molar-refractivity contribution in [3.05, 3.63) is 70.8 Å². The normalized spacial score (nSPS) is 12.1. The summed E-state index contributed by atoms with van der Waals surface area (Å²) in [5, 5.41) is 0. The highest BCUT2D eigenvalue weighted by Gasteiger charge is 2.39. The van der Waals surface area contributed by atoms with Gasteiger partial charge in [0.05, 0.1) is 11.1 Å². The Bertz CT molecular complexity index is 722. The van der Waals surface area contributed by atoms with Crippen LogP contribution in [0, 0.1) is 0 Å². The van der Waals surface area contributed by atoms with E-state index in [1.54, 1.807) is 0 Å². The predicted octanol–water partition coefficient (Wildman–Crippen LogP) is 4.79. The van der Waals surface area contributed by atoms with Crippen molar-refractivity contribution in [1.29, 1.82) is 0 Å². The number of carbonyl (C=O) groups excluding carboxylic acids is 2. The second-order valence-electron chi connectivity index (χ2n) is 4.74. The summed E-state index contributed by atoms with van der Waals surface area (Å²) in [7, 11) is 0. The monoisotopic (exact) mass is 346 g/mol. The van der Waals surface area contributed by atoms with Gasteiger partial charge in [-0.1, -0.05) is 36.4 Å². The molecule has 0 aliphatic heterocycles. The maximum atomic E-state index is 12.9. The Morgan fingerprint density at radius 3 is 1.17 bits per heavy atom. The first-order valence-electron chi connectivity index (χ1n) is 6.45. The van der Waals surface area contributed by atoms with E-state index < -0.39 is 46.2 Å². The van der Waals surface area contributed by atoms with Crippen molar-refractivity contribution < 1.29 is 35.9 Å². The molecule has 24 heavy (non-hydrogen) atoms. The summed E-state index contributed by atoms with van der Waals surface area (Å²) in [6.45, 7) is 0. The second kappa shape index (κ2) is 6.10. The quantitative estimate of drug-likeness (QED) is 0.455. The van der Waals surface area contributed by atoms with E-state index in [2.05, 4.69) is 0 Å². The molecule has 0 amide bonds. The van der Waals surface area contributed by atoms with Gasteiger partial charge in [-0.05, 0) is 12.1 Å². The topological polar surface area (TPSA) is 34.1 Å². The zero-order valence-electron chi connectivity index (χ0n) is 11.7. The van der Waals surface area contributed by atoms with Crippen molar-refractivity contribution in [2.24, 2.45) is 0 Å². The predicted molar refractivity (Wildman–Crippen MR) is 71.5 cm³/mol. The fraction of sp³-hybridized carbons (Fsp3) is 0.125. The lowest BCUT2D eigenvalue weighted by Crippen LogP contribution is -2.22. The number of alkyl halides is 6. The number of rotatable bonds is 3. The summed E-state index contributed by atoms with van der Waals surface area (Å²) in [5.74, 6) is -3.31. The number of hydrogen-bond donors (Lipinski definition) is 0. The van der Waals surface area contributed by atoms with Gasteiger partial charge < -0.3 is 0 Å². The zero-order valence-corrected chi connectivity index (χ0v) is 11.7. The van der Waals surface area contributed by atoms with Gasteiger partial charge in [0.15, 0.2) is 0 Å². The lowest BCUT2D eigenvalue weighted by molar-refractivity contribution is -0.138. The number of carbonyl (C=O) groups is 2. The van der Waals surface area contributed by atoms with E-state index >= 15 is 0 Å². The van der Waals surface area contributed by atoms with Crippen LogP contribution >= 0.6 is 0 Å². The number of halogens is 6. The van der Waals surface area contributed by atoms with Crippen LogP contribution in [0.5, 0.6) is 0 Å². The second-order valence-corrected chi connectivity index (χ2v) is 4.74. The van der Waals surface area contributed by atoms with Crippen LogP contribution in [-0.4, -0.2) is 11.6 Å². The van der Waals surface area contributed by atoms with Gasteiger partial charge in [-0.15, -0.1) is 0 Å². The number of benzene rings is 2. The summed E-state index contributed by atoms with van der Waals surface area (Å²) in [6.07, 6.45) is -9.84. The first-order chi connectivity index (χ1) is 11.0. The summed E-state index contributed by atoms with van der Waals surface area (Å²) in [4.78, 5) is 24.1. The average molecular weight is 346 g/mol. The molecule has 2 nitrogen and oxygen atoms in total. The third kappa shape index (κ3) is 3.47. The fourth-order valence-electron chi connectivity index (χ4n) is 2.10. The minimum Gasteiger partial charge on any atom is -0.285 e. The van der Waals surface area contributed by atoms with Gasteiger partial charge in [0, 0.05) is 11.1 Å². The molecule has 2 aromatic rings. The highest BCUT2D eigenvalue weighted by atomic mass is 19.4. The molecule has 0 unspecified atom stereocenters. The molecule has 0 fully saturated rings. The van der Waals surface area contributed by atoms with Gasteiger partial charge in [0.25, 0.3) is 0 Å². The van der Waals surface area contributed by atoms with Gasteiger partial charge in [0.2, 0.25) is 11.6 Å². The maximum absolute atomic E-state index is 12.9. The molecule has 0 aliphatic carbocycles. The summed E-state index contributed by atoms with van der Waals surface area (Å²) >= 11 is 0. The molecule has 0 N–H and O–H groups in total. The van der Waals surface area contributed by atoms with Gasteiger partial charge in [-0.3, -0.25) is 9.59 Å². The molecule has 0 spiro atoms. The molecule has 0 aromatic heterocycles. The molecule has 0 radical (unpaired) electrons. The largest absolute Gasteiger partial charge is 0.417 e. The third-order valence-electron chi connectivity index (χ3n) is 3.16. The van der Waals surface area contributed by atoms with E-state index in [-0.39, 0.29) is 0 Å². The standard InChI is InChI=1S/C16H8F6O2/c17-15(18,19)11-7-3-1-5-9(11)13(23)14(24)10-6-2-4-8-12(10)16(20,21)22/h1-8H. The molecule has 0 saturated carbocycles.